The van der Waals surface area contributed by atoms with Gasteiger partial charge in [0, 0.05) is 24.0 Å². The minimum atomic E-state index is -3.36. The number of nitrogens with zero attached hydrogens (tertiary/aromatic N) is 3. The number of rotatable bonds is 1. The van der Waals surface area contributed by atoms with Crippen molar-refractivity contribution in [3.05, 3.63) is 24.2 Å². The zero-order valence-corrected chi connectivity index (χ0v) is 9.11. The number of aromatic nitrogens is 3. The van der Waals surface area contributed by atoms with E-state index in [9.17, 15) is 8.42 Å². The summed E-state index contributed by atoms with van der Waals surface area (Å²) in [6.45, 7) is 1.78. The van der Waals surface area contributed by atoms with Crippen molar-refractivity contribution in [3.63, 3.8) is 0 Å². The summed E-state index contributed by atoms with van der Waals surface area (Å²) in [5.41, 5.74) is 1.27. The number of hydrogen-bond donors (Lipinski definition) is 0. The zero-order chi connectivity index (χ0) is 11.1. The molecule has 0 N–H and O–H groups in total. The molecule has 0 spiro atoms. The molecule has 78 valence electrons. The predicted molar refractivity (Wildman–Crippen MR) is 55.2 cm³/mol. The molecule has 15 heavy (non-hydrogen) atoms. The van der Waals surface area contributed by atoms with E-state index in [0.29, 0.717) is 11.2 Å². The minimum Gasteiger partial charge on any atom is -0.259 e. The molecule has 5 nitrogen and oxygen atoms in total. The fourth-order valence-corrected chi connectivity index (χ4v) is 1.76. The van der Waals surface area contributed by atoms with Crippen molar-refractivity contribution >= 4 is 20.7 Å². The standard InChI is InChI=1S/C9H9N3O2S/c1-6-8-7(3-4-10-6)5-11-9(12-8)15(2,13)14/h3-5H,1-2H3. The van der Waals surface area contributed by atoms with E-state index < -0.39 is 9.84 Å². The van der Waals surface area contributed by atoms with Gasteiger partial charge in [-0.15, -0.1) is 0 Å². The van der Waals surface area contributed by atoms with E-state index in [4.69, 9.17) is 0 Å². The Hall–Kier alpha value is -1.56. The van der Waals surface area contributed by atoms with Gasteiger partial charge in [0.25, 0.3) is 0 Å². The fourth-order valence-electron chi connectivity index (χ4n) is 1.26. The van der Waals surface area contributed by atoms with E-state index in [1.807, 2.05) is 0 Å². The molecule has 0 bridgehead atoms. The molecule has 0 aliphatic carbocycles. The third-order valence-electron chi connectivity index (χ3n) is 1.99. The Labute approximate surface area is 87.1 Å². The van der Waals surface area contributed by atoms with E-state index in [0.717, 1.165) is 11.6 Å². The molecule has 6 heteroatoms. The highest BCUT2D eigenvalue weighted by molar-refractivity contribution is 7.90. The lowest BCUT2D eigenvalue weighted by Gasteiger charge is -2.01. The van der Waals surface area contributed by atoms with Crippen molar-refractivity contribution < 1.29 is 8.42 Å². The summed E-state index contributed by atoms with van der Waals surface area (Å²) in [4.78, 5) is 11.8. The molecule has 0 fully saturated rings. The van der Waals surface area contributed by atoms with Crippen molar-refractivity contribution in [1.29, 1.82) is 0 Å². The third kappa shape index (κ3) is 1.80. The number of sulfone groups is 1. The smallest absolute Gasteiger partial charge is 0.247 e. The summed E-state index contributed by atoms with van der Waals surface area (Å²) in [6.07, 6.45) is 4.22. The normalized spacial score (nSPS) is 11.9. The summed E-state index contributed by atoms with van der Waals surface area (Å²) in [7, 11) is -3.36. The Bertz CT molecular complexity index is 622. The largest absolute Gasteiger partial charge is 0.259 e. The van der Waals surface area contributed by atoms with E-state index in [1.54, 1.807) is 19.2 Å². The van der Waals surface area contributed by atoms with E-state index in [-0.39, 0.29) is 5.16 Å². The molecule has 2 heterocycles. The highest BCUT2D eigenvalue weighted by Crippen LogP contribution is 2.14. The molecule has 0 unspecified atom stereocenters. The van der Waals surface area contributed by atoms with Crippen molar-refractivity contribution in [1.82, 2.24) is 15.0 Å². The Morgan fingerprint density at radius 3 is 2.67 bits per heavy atom. The maximum absolute atomic E-state index is 11.2. The van der Waals surface area contributed by atoms with Crippen molar-refractivity contribution in [2.24, 2.45) is 0 Å². The monoisotopic (exact) mass is 223 g/mol. The van der Waals surface area contributed by atoms with Gasteiger partial charge in [0.2, 0.25) is 15.0 Å². The number of aryl methyl sites for hydroxylation is 1. The average Bonchev–Trinajstić information content (AvgIpc) is 2.16. The Morgan fingerprint density at radius 2 is 2.00 bits per heavy atom. The van der Waals surface area contributed by atoms with Crippen LogP contribution < -0.4 is 0 Å². The first kappa shape index (κ1) is 9.97. The van der Waals surface area contributed by atoms with Crippen LogP contribution in [0.25, 0.3) is 10.9 Å². The van der Waals surface area contributed by atoms with E-state index in [2.05, 4.69) is 15.0 Å². The lowest BCUT2D eigenvalue weighted by molar-refractivity contribution is 0.593. The Morgan fingerprint density at radius 1 is 1.27 bits per heavy atom. The van der Waals surface area contributed by atoms with Gasteiger partial charge in [-0.1, -0.05) is 0 Å². The Kier molecular flexibility index (Phi) is 2.15. The predicted octanol–water partition coefficient (Wildman–Crippen LogP) is 0.737. The quantitative estimate of drug-likeness (QED) is 0.666. The molecule has 0 aliphatic rings. The van der Waals surface area contributed by atoms with Crippen LogP contribution in [0.2, 0.25) is 0 Å². The lowest BCUT2D eigenvalue weighted by Crippen LogP contribution is -2.04. The molecule has 2 aromatic rings. The van der Waals surface area contributed by atoms with Gasteiger partial charge in [0.05, 0.1) is 11.2 Å². The molecule has 0 saturated heterocycles. The summed E-state index contributed by atoms with van der Waals surface area (Å²) in [5.74, 6) is 0. The molecule has 0 aromatic carbocycles. The lowest BCUT2D eigenvalue weighted by atomic mass is 10.2. The number of hydrogen-bond acceptors (Lipinski definition) is 5. The molecule has 0 radical (unpaired) electrons. The molecule has 0 atom stereocenters. The summed E-state index contributed by atoms with van der Waals surface area (Å²) >= 11 is 0. The highest BCUT2D eigenvalue weighted by Gasteiger charge is 2.12. The minimum absolute atomic E-state index is 0.161. The molecular formula is C9H9N3O2S. The summed E-state index contributed by atoms with van der Waals surface area (Å²) in [5, 5.41) is 0.626. The van der Waals surface area contributed by atoms with Gasteiger partial charge < -0.3 is 0 Å². The maximum Gasteiger partial charge on any atom is 0.247 e. The van der Waals surface area contributed by atoms with Crippen LogP contribution in [0, 0.1) is 6.92 Å². The second kappa shape index (κ2) is 3.23. The SMILES string of the molecule is Cc1nccc2cnc(S(C)(=O)=O)nc12. The molecule has 0 amide bonds. The van der Waals surface area contributed by atoms with E-state index in [1.165, 1.54) is 6.20 Å². The van der Waals surface area contributed by atoms with Crippen molar-refractivity contribution in [3.8, 4) is 0 Å². The molecular weight excluding hydrogens is 214 g/mol. The van der Waals surface area contributed by atoms with Crippen LogP contribution in [0.4, 0.5) is 0 Å². The fraction of sp³-hybridized carbons (Fsp3) is 0.222. The Balaban J connectivity index is 2.81. The van der Waals surface area contributed by atoms with Crippen molar-refractivity contribution in [2.75, 3.05) is 6.26 Å². The first-order valence-electron chi connectivity index (χ1n) is 4.27. The second-order valence-corrected chi connectivity index (χ2v) is 5.17. The average molecular weight is 223 g/mol. The van der Waals surface area contributed by atoms with E-state index >= 15 is 0 Å². The van der Waals surface area contributed by atoms with Gasteiger partial charge in [0.15, 0.2) is 0 Å². The van der Waals surface area contributed by atoms with Gasteiger partial charge in [0.1, 0.15) is 0 Å². The molecule has 0 aliphatic heterocycles. The van der Waals surface area contributed by atoms with Crippen LogP contribution in [-0.2, 0) is 9.84 Å². The van der Waals surface area contributed by atoms with Gasteiger partial charge in [-0.2, -0.15) is 0 Å². The van der Waals surface area contributed by atoms with Gasteiger partial charge in [-0.05, 0) is 13.0 Å². The highest BCUT2D eigenvalue weighted by atomic mass is 32.2. The molecule has 2 rings (SSSR count). The van der Waals surface area contributed by atoms with Gasteiger partial charge in [-0.25, -0.2) is 18.4 Å². The topological polar surface area (TPSA) is 72.8 Å². The number of fused-ring (bicyclic) bond motifs is 1. The van der Waals surface area contributed by atoms with Gasteiger partial charge in [-0.3, -0.25) is 4.98 Å². The second-order valence-electron chi connectivity index (χ2n) is 3.26. The van der Waals surface area contributed by atoms with Crippen LogP contribution in [0.1, 0.15) is 5.69 Å². The van der Waals surface area contributed by atoms with Crippen LogP contribution in [0.3, 0.4) is 0 Å². The van der Waals surface area contributed by atoms with Crippen LogP contribution in [0.5, 0.6) is 0 Å². The molecule has 0 saturated carbocycles. The zero-order valence-electron chi connectivity index (χ0n) is 8.30. The molecule has 2 aromatic heterocycles. The summed E-state index contributed by atoms with van der Waals surface area (Å²) < 4.78 is 22.5. The summed E-state index contributed by atoms with van der Waals surface area (Å²) in [6, 6.07) is 1.74. The third-order valence-corrected chi connectivity index (χ3v) is 2.85. The number of pyridine rings is 1. The first-order valence-corrected chi connectivity index (χ1v) is 6.16. The van der Waals surface area contributed by atoms with Gasteiger partial charge >= 0.3 is 0 Å². The van der Waals surface area contributed by atoms with Crippen LogP contribution in [-0.4, -0.2) is 29.6 Å². The van der Waals surface area contributed by atoms with Crippen LogP contribution >= 0.6 is 0 Å². The first-order chi connectivity index (χ1) is 6.98. The maximum atomic E-state index is 11.2. The van der Waals surface area contributed by atoms with Crippen LogP contribution in [0.15, 0.2) is 23.6 Å². The van der Waals surface area contributed by atoms with Crippen molar-refractivity contribution in [2.45, 2.75) is 12.1 Å².